The summed E-state index contributed by atoms with van der Waals surface area (Å²) in [5, 5.41) is 11.9. The number of hydrogen-bond acceptors (Lipinski definition) is 6. The molecule has 12 nitrogen and oxygen atoms in total. The molecule has 8 N–H and O–H groups in total. The number of aliphatic imine (C=N–C) groups is 1. The number of carbonyl (C=O) groups excluding carboxylic acids is 3. The molecule has 4 atom stereocenters. The van der Waals surface area contributed by atoms with Gasteiger partial charge in [-0.2, -0.15) is 0 Å². The quantitative estimate of drug-likeness (QED) is 0.153. The Kier molecular flexibility index (Phi) is 8.60. The number of carboxylic acid groups (broad SMARTS) is 1. The van der Waals surface area contributed by atoms with Gasteiger partial charge in [0.2, 0.25) is 17.7 Å². The highest BCUT2D eigenvalue weighted by atomic mass is 16.4. The predicted molar refractivity (Wildman–Crippen MR) is 113 cm³/mol. The first-order valence-corrected chi connectivity index (χ1v) is 10.6. The van der Waals surface area contributed by atoms with Gasteiger partial charge in [-0.25, -0.2) is 4.79 Å². The summed E-state index contributed by atoms with van der Waals surface area (Å²) < 4.78 is 0. The lowest BCUT2D eigenvalue weighted by Crippen LogP contribution is -2.56. The zero-order chi connectivity index (χ0) is 23.1. The average molecular weight is 440 g/mol. The van der Waals surface area contributed by atoms with Crippen molar-refractivity contribution < 1.29 is 24.3 Å². The third kappa shape index (κ3) is 6.29. The lowest BCUT2D eigenvalue weighted by atomic mass is 10.1. The Morgan fingerprint density at radius 3 is 2.32 bits per heavy atom. The third-order valence-electron chi connectivity index (χ3n) is 5.68. The fraction of sp³-hybridized carbons (Fsp3) is 0.737. The van der Waals surface area contributed by atoms with Crippen molar-refractivity contribution >= 4 is 29.7 Å². The molecule has 3 amide bonds. The van der Waals surface area contributed by atoms with Gasteiger partial charge in [0.1, 0.15) is 18.1 Å². The van der Waals surface area contributed by atoms with Gasteiger partial charge in [0.25, 0.3) is 0 Å². The maximum absolute atomic E-state index is 13.0. The van der Waals surface area contributed by atoms with Gasteiger partial charge in [-0.3, -0.25) is 19.4 Å². The molecular formula is C19H33N7O5. The smallest absolute Gasteiger partial charge is 0.326 e. The second-order valence-electron chi connectivity index (χ2n) is 8.00. The number of rotatable bonds is 9. The molecule has 2 saturated heterocycles. The summed E-state index contributed by atoms with van der Waals surface area (Å²) in [6.07, 6.45) is 3.00. The maximum atomic E-state index is 13.0. The number of nitrogens with zero attached hydrogens (tertiary/aromatic N) is 3. The monoisotopic (exact) mass is 439 g/mol. The van der Waals surface area contributed by atoms with Gasteiger partial charge in [0, 0.05) is 19.6 Å². The fourth-order valence-electron chi connectivity index (χ4n) is 4.05. The van der Waals surface area contributed by atoms with E-state index in [9.17, 15) is 24.3 Å². The number of nitrogens with two attached hydrogens (primary N) is 3. The zero-order valence-corrected chi connectivity index (χ0v) is 17.8. The van der Waals surface area contributed by atoms with Crippen LogP contribution in [0, 0.1) is 0 Å². The van der Waals surface area contributed by atoms with Crippen molar-refractivity contribution in [1.29, 1.82) is 0 Å². The summed E-state index contributed by atoms with van der Waals surface area (Å²) >= 11 is 0. The Labute approximate surface area is 181 Å². The minimum atomic E-state index is -1.03. The minimum absolute atomic E-state index is 0.0319. The average Bonchev–Trinajstić information content (AvgIpc) is 3.39. The van der Waals surface area contributed by atoms with Crippen LogP contribution in [0.4, 0.5) is 0 Å². The molecule has 31 heavy (non-hydrogen) atoms. The second-order valence-corrected chi connectivity index (χ2v) is 8.00. The topological polar surface area (TPSA) is 197 Å². The van der Waals surface area contributed by atoms with Crippen LogP contribution in [0.25, 0.3) is 0 Å². The van der Waals surface area contributed by atoms with E-state index in [2.05, 4.69) is 10.3 Å². The first kappa shape index (κ1) is 24.4. The summed E-state index contributed by atoms with van der Waals surface area (Å²) in [6, 6.07) is -3.24. The first-order chi connectivity index (χ1) is 14.6. The molecule has 2 fully saturated rings. The number of likely N-dealkylation sites (tertiary alicyclic amines) is 2. The molecule has 0 saturated carbocycles. The number of amides is 3. The number of nitrogens with one attached hydrogen (secondary N) is 1. The molecule has 2 aliphatic rings. The van der Waals surface area contributed by atoms with Crippen molar-refractivity contribution in [2.75, 3.05) is 19.6 Å². The van der Waals surface area contributed by atoms with Crippen LogP contribution in [0.15, 0.2) is 4.99 Å². The van der Waals surface area contributed by atoms with E-state index in [1.165, 1.54) is 9.80 Å². The fourth-order valence-corrected chi connectivity index (χ4v) is 4.05. The maximum Gasteiger partial charge on any atom is 0.326 e. The third-order valence-corrected chi connectivity index (χ3v) is 5.68. The summed E-state index contributed by atoms with van der Waals surface area (Å²) in [4.78, 5) is 56.2. The van der Waals surface area contributed by atoms with Gasteiger partial charge in [-0.1, -0.05) is 0 Å². The van der Waals surface area contributed by atoms with E-state index in [0.29, 0.717) is 58.2 Å². The van der Waals surface area contributed by atoms with Gasteiger partial charge >= 0.3 is 5.97 Å². The van der Waals surface area contributed by atoms with Gasteiger partial charge in [0.05, 0.1) is 6.04 Å². The zero-order valence-electron chi connectivity index (χ0n) is 17.8. The van der Waals surface area contributed by atoms with Crippen LogP contribution in [-0.2, 0) is 19.2 Å². The molecule has 0 spiro atoms. The molecule has 0 radical (unpaired) electrons. The molecular weight excluding hydrogens is 406 g/mol. The van der Waals surface area contributed by atoms with E-state index < -0.39 is 36.0 Å². The number of hydrogen-bond donors (Lipinski definition) is 5. The Hall–Kier alpha value is -2.89. The molecule has 12 heteroatoms. The molecule has 0 aromatic heterocycles. The number of carbonyl (C=O) groups is 4. The van der Waals surface area contributed by atoms with Crippen molar-refractivity contribution in [3.05, 3.63) is 0 Å². The molecule has 2 rings (SSSR count). The van der Waals surface area contributed by atoms with Crippen LogP contribution in [0.2, 0.25) is 0 Å². The van der Waals surface area contributed by atoms with E-state index in [0.717, 1.165) is 0 Å². The molecule has 2 heterocycles. The van der Waals surface area contributed by atoms with E-state index in [1.807, 2.05) is 0 Å². The van der Waals surface area contributed by atoms with Crippen molar-refractivity contribution in [3.63, 3.8) is 0 Å². The summed E-state index contributed by atoms with van der Waals surface area (Å²) in [5.41, 5.74) is 16.4. The second kappa shape index (κ2) is 10.9. The standard InChI is InChI=1S/C19H33N7O5/c1-11(24-15(27)12(20)5-2-8-23-19(21)22)16(28)25-9-3-6-13(25)17(29)26-10-4-7-14(26)18(30)31/h11-14H,2-10,20H2,1H3,(H,24,27)(H,30,31)(H4,21,22,23). The molecule has 0 bridgehead atoms. The van der Waals surface area contributed by atoms with Gasteiger partial charge in [-0.05, 0) is 45.4 Å². The predicted octanol–water partition coefficient (Wildman–Crippen LogP) is -2.06. The lowest BCUT2D eigenvalue weighted by Gasteiger charge is -2.31. The Bertz CT molecular complexity index is 724. The summed E-state index contributed by atoms with van der Waals surface area (Å²) in [6.45, 7) is 2.65. The normalized spacial score (nSPS) is 22.6. The molecule has 0 aromatic rings. The van der Waals surface area contributed by atoms with Crippen LogP contribution < -0.4 is 22.5 Å². The minimum Gasteiger partial charge on any atom is -0.480 e. The SMILES string of the molecule is CC(NC(=O)C(N)CCCN=C(N)N)C(=O)N1CCCC1C(=O)N1CCCC1C(=O)O. The van der Waals surface area contributed by atoms with Gasteiger partial charge in [0.15, 0.2) is 5.96 Å². The molecule has 174 valence electrons. The van der Waals surface area contributed by atoms with E-state index in [1.54, 1.807) is 6.92 Å². The largest absolute Gasteiger partial charge is 0.480 e. The Morgan fingerprint density at radius 2 is 1.71 bits per heavy atom. The number of guanidine groups is 1. The molecule has 0 aromatic carbocycles. The van der Waals surface area contributed by atoms with Crippen LogP contribution in [0.1, 0.15) is 45.4 Å². The van der Waals surface area contributed by atoms with E-state index >= 15 is 0 Å². The summed E-state index contributed by atoms with van der Waals surface area (Å²) in [7, 11) is 0. The van der Waals surface area contributed by atoms with Crippen molar-refractivity contribution in [3.8, 4) is 0 Å². The molecule has 4 unspecified atom stereocenters. The van der Waals surface area contributed by atoms with E-state index in [-0.39, 0.29) is 17.8 Å². The number of carboxylic acids is 1. The van der Waals surface area contributed by atoms with Crippen molar-refractivity contribution in [1.82, 2.24) is 15.1 Å². The highest BCUT2D eigenvalue weighted by Gasteiger charge is 2.43. The Balaban J connectivity index is 1.91. The molecule has 0 aliphatic carbocycles. The number of aliphatic carboxylic acids is 1. The highest BCUT2D eigenvalue weighted by molar-refractivity contribution is 5.94. The van der Waals surface area contributed by atoms with E-state index in [4.69, 9.17) is 17.2 Å². The van der Waals surface area contributed by atoms with Crippen LogP contribution in [-0.4, -0.2) is 88.4 Å². The molecule has 2 aliphatic heterocycles. The van der Waals surface area contributed by atoms with Gasteiger partial charge < -0.3 is 37.4 Å². The first-order valence-electron chi connectivity index (χ1n) is 10.6. The van der Waals surface area contributed by atoms with Crippen LogP contribution >= 0.6 is 0 Å². The van der Waals surface area contributed by atoms with Crippen molar-refractivity contribution in [2.24, 2.45) is 22.2 Å². The summed E-state index contributed by atoms with van der Waals surface area (Å²) in [5.74, 6) is -2.27. The highest BCUT2D eigenvalue weighted by Crippen LogP contribution is 2.25. The van der Waals surface area contributed by atoms with Crippen LogP contribution in [0.5, 0.6) is 0 Å². The van der Waals surface area contributed by atoms with Crippen molar-refractivity contribution in [2.45, 2.75) is 69.6 Å². The van der Waals surface area contributed by atoms with Gasteiger partial charge in [-0.15, -0.1) is 0 Å². The van der Waals surface area contributed by atoms with Crippen LogP contribution in [0.3, 0.4) is 0 Å². The Morgan fingerprint density at radius 1 is 1.10 bits per heavy atom. The lowest BCUT2D eigenvalue weighted by molar-refractivity contribution is -0.152.